The topological polar surface area (TPSA) is 42.0 Å². The maximum Gasteiger partial charge on any atom is 0.224 e. The Balaban J connectivity index is 1.64. The molecule has 0 saturated heterocycles. The summed E-state index contributed by atoms with van der Waals surface area (Å²) in [6.45, 7) is 2.17. The maximum atomic E-state index is 13.9. The van der Waals surface area contributed by atoms with Gasteiger partial charge in [-0.05, 0) is 36.8 Å². The minimum atomic E-state index is -0.329. The third-order valence-corrected chi connectivity index (χ3v) is 4.91. The van der Waals surface area contributed by atoms with Gasteiger partial charge in [0, 0.05) is 10.4 Å². The number of halogens is 2. The van der Waals surface area contributed by atoms with Crippen LogP contribution in [0.4, 0.5) is 8.78 Å². The number of aryl methyl sites for hydroxylation is 1. The zero-order chi connectivity index (χ0) is 17.8. The van der Waals surface area contributed by atoms with Gasteiger partial charge in [-0.3, -0.25) is 4.79 Å². The van der Waals surface area contributed by atoms with Crippen LogP contribution in [-0.4, -0.2) is 10.9 Å². The second-order valence-corrected chi connectivity index (χ2v) is 6.67. The highest BCUT2D eigenvalue weighted by atomic mass is 32.1. The van der Waals surface area contributed by atoms with E-state index in [4.69, 9.17) is 0 Å². The number of carbonyl (C=O) groups is 1. The minimum absolute atomic E-state index is 0.160. The van der Waals surface area contributed by atoms with Crippen LogP contribution in [0.1, 0.15) is 16.1 Å². The largest absolute Gasteiger partial charge is 0.351 e. The lowest BCUT2D eigenvalue weighted by atomic mass is 10.1. The van der Waals surface area contributed by atoms with Crippen LogP contribution in [0.2, 0.25) is 0 Å². The van der Waals surface area contributed by atoms with Gasteiger partial charge in [0.15, 0.2) is 0 Å². The molecule has 25 heavy (non-hydrogen) atoms. The van der Waals surface area contributed by atoms with Gasteiger partial charge >= 0.3 is 0 Å². The monoisotopic (exact) mass is 358 g/mol. The lowest BCUT2D eigenvalue weighted by Gasteiger charge is -2.04. The second-order valence-electron chi connectivity index (χ2n) is 5.59. The van der Waals surface area contributed by atoms with E-state index in [1.165, 1.54) is 29.5 Å². The van der Waals surface area contributed by atoms with Crippen LogP contribution in [0.25, 0.3) is 10.6 Å². The normalized spacial score (nSPS) is 10.7. The fraction of sp³-hybridized carbons (Fsp3) is 0.158. The molecule has 1 N–H and O–H groups in total. The molecular weight excluding hydrogens is 342 g/mol. The van der Waals surface area contributed by atoms with Crippen molar-refractivity contribution in [1.82, 2.24) is 10.3 Å². The molecule has 1 aromatic heterocycles. The molecule has 0 aliphatic rings. The molecule has 3 rings (SSSR count). The highest BCUT2D eigenvalue weighted by Crippen LogP contribution is 2.29. The van der Waals surface area contributed by atoms with Crippen LogP contribution >= 0.6 is 11.3 Å². The van der Waals surface area contributed by atoms with Gasteiger partial charge < -0.3 is 5.32 Å². The van der Waals surface area contributed by atoms with Crippen LogP contribution in [0.5, 0.6) is 0 Å². The van der Waals surface area contributed by atoms with Crippen molar-refractivity contribution in [3.05, 3.63) is 76.3 Å². The zero-order valence-electron chi connectivity index (χ0n) is 13.6. The molecule has 0 radical (unpaired) electrons. The standard InChI is InChI=1S/C19H16F2N2OS/c1-12-17(25-19(23-12)15-4-2-3-5-16(15)21)11-22-18(24)10-13-6-8-14(20)9-7-13/h2-9H,10-11H2,1H3,(H,22,24). The van der Waals surface area contributed by atoms with Crippen molar-refractivity contribution in [2.75, 3.05) is 0 Å². The van der Waals surface area contributed by atoms with Gasteiger partial charge in [0.2, 0.25) is 5.91 Å². The van der Waals surface area contributed by atoms with Crippen LogP contribution in [-0.2, 0) is 17.8 Å². The number of hydrogen-bond donors (Lipinski definition) is 1. The smallest absolute Gasteiger partial charge is 0.224 e. The number of hydrogen-bond acceptors (Lipinski definition) is 3. The Hall–Kier alpha value is -2.60. The molecular formula is C19H16F2N2OS. The van der Waals surface area contributed by atoms with Crippen LogP contribution < -0.4 is 5.32 Å². The number of nitrogens with zero attached hydrogens (tertiary/aromatic N) is 1. The molecule has 0 aliphatic heterocycles. The molecule has 1 amide bonds. The summed E-state index contributed by atoms with van der Waals surface area (Å²) in [7, 11) is 0. The fourth-order valence-electron chi connectivity index (χ4n) is 2.37. The van der Waals surface area contributed by atoms with E-state index < -0.39 is 0 Å². The van der Waals surface area contributed by atoms with E-state index in [0.29, 0.717) is 17.1 Å². The van der Waals surface area contributed by atoms with E-state index in [9.17, 15) is 13.6 Å². The number of amides is 1. The van der Waals surface area contributed by atoms with Gasteiger partial charge in [0.25, 0.3) is 0 Å². The first-order valence-electron chi connectivity index (χ1n) is 7.75. The summed E-state index contributed by atoms with van der Waals surface area (Å²) in [5, 5.41) is 3.42. The van der Waals surface area contributed by atoms with E-state index >= 15 is 0 Å². The van der Waals surface area contributed by atoms with Crippen molar-refractivity contribution in [1.29, 1.82) is 0 Å². The summed E-state index contributed by atoms with van der Waals surface area (Å²) in [6, 6.07) is 12.3. The van der Waals surface area contributed by atoms with Crippen molar-refractivity contribution in [2.24, 2.45) is 0 Å². The van der Waals surface area contributed by atoms with Crippen molar-refractivity contribution in [2.45, 2.75) is 19.9 Å². The molecule has 0 unspecified atom stereocenters. The Bertz CT molecular complexity index is 891. The fourth-order valence-corrected chi connectivity index (χ4v) is 3.40. The van der Waals surface area contributed by atoms with E-state index in [1.807, 2.05) is 6.92 Å². The first-order valence-corrected chi connectivity index (χ1v) is 8.57. The molecule has 0 spiro atoms. The summed E-state index contributed by atoms with van der Waals surface area (Å²) in [4.78, 5) is 17.3. The molecule has 2 aromatic carbocycles. The summed E-state index contributed by atoms with van der Waals surface area (Å²) in [5.74, 6) is -0.805. The Kier molecular flexibility index (Phi) is 5.19. The first kappa shape index (κ1) is 17.2. The van der Waals surface area contributed by atoms with E-state index in [-0.39, 0.29) is 24.0 Å². The molecule has 6 heteroatoms. The highest BCUT2D eigenvalue weighted by Gasteiger charge is 2.13. The van der Waals surface area contributed by atoms with Gasteiger partial charge in [-0.25, -0.2) is 13.8 Å². The van der Waals surface area contributed by atoms with Crippen molar-refractivity contribution in [3.63, 3.8) is 0 Å². The Morgan fingerprint density at radius 2 is 1.84 bits per heavy atom. The third-order valence-electron chi connectivity index (χ3n) is 3.72. The predicted molar refractivity (Wildman–Crippen MR) is 94.2 cm³/mol. The molecule has 0 saturated carbocycles. The second kappa shape index (κ2) is 7.53. The number of thiazole rings is 1. The van der Waals surface area contributed by atoms with E-state index in [0.717, 1.165) is 16.1 Å². The molecule has 128 valence electrons. The summed E-state index contributed by atoms with van der Waals surface area (Å²) in [5.41, 5.74) is 1.97. The van der Waals surface area contributed by atoms with Gasteiger partial charge in [-0.1, -0.05) is 24.3 Å². The Morgan fingerprint density at radius 1 is 1.12 bits per heavy atom. The van der Waals surface area contributed by atoms with E-state index in [2.05, 4.69) is 10.3 Å². The Morgan fingerprint density at radius 3 is 2.56 bits per heavy atom. The molecule has 1 heterocycles. The molecule has 0 aliphatic carbocycles. The van der Waals surface area contributed by atoms with Crippen LogP contribution in [0.15, 0.2) is 48.5 Å². The van der Waals surface area contributed by atoms with E-state index in [1.54, 1.807) is 30.3 Å². The molecule has 0 atom stereocenters. The highest BCUT2D eigenvalue weighted by molar-refractivity contribution is 7.15. The number of aromatic nitrogens is 1. The summed E-state index contributed by atoms with van der Waals surface area (Å²) >= 11 is 1.36. The number of rotatable bonds is 5. The molecule has 3 aromatic rings. The van der Waals surface area contributed by atoms with Crippen molar-refractivity contribution >= 4 is 17.2 Å². The van der Waals surface area contributed by atoms with Gasteiger partial charge in [-0.15, -0.1) is 11.3 Å². The zero-order valence-corrected chi connectivity index (χ0v) is 14.4. The summed E-state index contributed by atoms with van der Waals surface area (Å²) in [6.07, 6.45) is 0.179. The minimum Gasteiger partial charge on any atom is -0.351 e. The molecule has 3 nitrogen and oxygen atoms in total. The lowest BCUT2D eigenvalue weighted by molar-refractivity contribution is -0.120. The van der Waals surface area contributed by atoms with Crippen molar-refractivity contribution in [3.8, 4) is 10.6 Å². The third kappa shape index (κ3) is 4.28. The quantitative estimate of drug-likeness (QED) is 0.741. The molecule has 0 fully saturated rings. The van der Waals surface area contributed by atoms with Gasteiger partial charge in [0.1, 0.15) is 16.6 Å². The van der Waals surface area contributed by atoms with Crippen molar-refractivity contribution < 1.29 is 13.6 Å². The van der Waals surface area contributed by atoms with Gasteiger partial charge in [0.05, 0.1) is 18.7 Å². The average Bonchev–Trinajstić information content (AvgIpc) is 2.96. The van der Waals surface area contributed by atoms with Crippen LogP contribution in [0, 0.1) is 18.6 Å². The van der Waals surface area contributed by atoms with Crippen LogP contribution in [0.3, 0.4) is 0 Å². The molecule has 0 bridgehead atoms. The Labute approximate surface area is 148 Å². The number of benzene rings is 2. The lowest BCUT2D eigenvalue weighted by Crippen LogP contribution is -2.24. The number of nitrogens with one attached hydrogen (secondary N) is 1. The SMILES string of the molecule is Cc1nc(-c2ccccc2F)sc1CNC(=O)Cc1ccc(F)cc1. The van der Waals surface area contributed by atoms with Gasteiger partial charge in [-0.2, -0.15) is 0 Å². The number of carbonyl (C=O) groups excluding carboxylic acids is 1. The summed E-state index contributed by atoms with van der Waals surface area (Å²) < 4.78 is 26.7. The first-order chi connectivity index (χ1) is 12.0. The maximum absolute atomic E-state index is 13.9. The predicted octanol–water partition coefficient (Wildman–Crippen LogP) is 4.26. The average molecular weight is 358 g/mol.